The third-order valence-electron chi connectivity index (χ3n) is 3.50. The summed E-state index contributed by atoms with van der Waals surface area (Å²) >= 11 is 7.55. The van der Waals surface area contributed by atoms with Crippen LogP contribution >= 0.6 is 23.4 Å². The second kappa shape index (κ2) is 6.26. The first-order valence-corrected chi connectivity index (χ1v) is 8.67. The Kier molecular flexibility index (Phi) is 3.95. The molecule has 8 heteroatoms. The van der Waals surface area contributed by atoms with Crippen LogP contribution in [0.2, 0.25) is 5.02 Å². The van der Waals surface area contributed by atoms with Crippen LogP contribution in [-0.2, 0) is 5.75 Å². The number of hydrogen-bond acceptors (Lipinski definition) is 5. The number of tetrazole rings is 1. The lowest BCUT2D eigenvalue weighted by Gasteiger charge is -2.04. The number of fused-ring (bicyclic) bond motifs is 1. The van der Waals surface area contributed by atoms with Crippen molar-refractivity contribution < 1.29 is 0 Å². The maximum atomic E-state index is 6.00. The van der Waals surface area contributed by atoms with Crippen LogP contribution in [0.15, 0.2) is 53.9 Å². The Morgan fingerprint density at radius 2 is 2.08 bits per heavy atom. The molecular formula is C16H13ClN6S. The summed E-state index contributed by atoms with van der Waals surface area (Å²) in [5, 5.41) is 13.4. The molecule has 0 saturated carbocycles. The summed E-state index contributed by atoms with van der Waals surface area (Å²) in [6.07, 6.45) is 3.81. The van der Waals surface area contributed by atoms with Crippen LogP contribution in [-0.4, -0.2) is 29.6 Å². The Morgan fingerprint density at radius 3 is 2.96 bits per heavy atom. The van der Waals surface area contributed by atoms with Crippen LogP contribution in [0.3, 0.4) is 0 Å². The molecule has 4 aromatic rings. The third kappa shape index (κ3) is 3.00. The molecule has 0 amide bonds. The van der Waals surface area contributed by atoms with Gasteiger partial charge < -0.3 is 4.40 Å². The van der Waals surface area contributed by atoms with Crippen LogP contribution in [0.4, 0.5) is 0 Å². The fourth-order valence-corrected chi connectivity index (χ4v) is 3.36. The zero-order valence-electron chi connectivity index (χ0n) is 12.8. The van der Waals surface area contributed by atoms with Crippen molar-refractivity contribution >= 4 is 29.0 Å². The van der Waals surface area contributed by atoms with Gasteiger partial charge in [0.05, 0.1) is 16.4 Å². The molecule has 3 aromatic heterocycles. The molecule has 0 fully saturated rings. The molecule has 0 N–H and O–H groups in total. The average Bonchev–Trinajstić information content (AvgIpc) is 3.18. The normalized spacial score (nSPS) is 11.2. The van der Waals surface area contributed by atoms with Gasteiger partial charge in [0.1, 0.15) is 5.65 Å². The van der Waals surface area contributed by atoms with E-state index in [4.69, 9.17) is 11.6 Å². The minimum Gasteiger partial charge on any atom is -0.305 e. The standard InChI is InChI=1S/C16H13ClN6S/c1-11-3-2-4-14(7-11)23-16(19-20-21-23)24-10-13-9-22-8-12(17)5-6-15(22)18-13/h2-9H,10H2,1H3. The summed E-state index contributed by atoms with van der Waals surface area (Å²) in [6.45, 7) is 2.04. The maximum absolute atomic E-state index is 6.00. The molecule has 24 heavy (non-hydrogen) atoms. The highest BCUT2D eigenvalue weighted by molar-refractivity contribution is 7.98. The summed E-state index contributed by atoms with van der Waals surface area (Å²) in [4.78, 5) is 4.58. The van der Waals surface area contributed by atoms with E-state index in [9.17, 15) is 0 Å². The number of aryl methyl sites for hydroxylation is 1. The van der Waals surface area contributed by atoms with Crippen molar-refractivity contribution in [2.75, 3.05) is 0 Å². The van der Waals surface area contributed by atoms with E-state index in [1.165, 1.54) is 0 Å². The van der Waals surface area contributed by atoms with E-state index in [0.29, 0.717) is 10.8 Å². The average molecular weight is 357 g/mol. The second-order valence-corrected chi connectivity index (χ2v) is 6.72. The quantitative estimate of drug-likeness (QED) is 0.523. The number of hydrogen-bond donors (Lipinski definition) is 0. The van der Waals surface area contributed by atoms with E-state index >= 15 is 0 Å². The predicted octanol–water partition coefficient (Wildman–Crippen LogP) is 3.56. The molecule has 0 aliphatic rings. The van der Waals surface area contributed by atoms with Crippen molar-refractivity contribution in [1.29, 1.82) is 0 Å². The second-order valence-electron chi connectivity index (χ2n) is 5.35. The topological polar surface area (TPSA) is 60.9 Å². The molecule has 1 aromatic carbocycles. The van der Waals surface area contributed by atoms with Crippen LogP contribution in [0.1, 0.15) is 11.3 Å². The first-order chi connectivity index (χ1) is 11.7. The zero-order valence-corrected chi connectivity index (χ0v) is 14.4. The lowest BCUT2D eigenvalue weighted by molar-refractivity contribution is 0.755. The number of aromatic nitrogens is 6. The Bertz CT molecular complexity index is 1010. The van der Waals surface area contributed by atoms with Gasteiger partial charge >= 0.3 is 0 Å². The highest BCUT2D eigenvalue weighted by atomic mass is 35.5. The van der Waals surface area contributed by atoms with Gasteiger partial charge in [-0.1, -0.05) is 35.5 Å². The first-order valence-electron chi connectivity index (χ1n) is 7.30. The van der Waals surface area contributed by atoms with Crippen molar-refractivity contribution in [1.82, 2.24) is 29.6 Å². The van der Waals surface area contributed by atoms with Gasteiger partial charge in [0.15, 0.2) is 0 Å². The lowest BCUT2D eigenvalue weighted by atomic mass is 10.2. The van der Waals surface area contributed by atoms with Gasteiger partial charge in [-0.05, 0) is 47.2 Å². The number of benzene rings is 1. The fraction of sp³-hybridized carbons (Fsp3) is 0.125. The maximum Gasteiger partial charge on any atom is 0.214 e. The Labute approximate surface area is 147 Å². The Balaban J connectivity index is 1.57. The number of nitrogens with zero attached hydrogens (tertiary/aromatic N) is 6. The van der Waals surface area contributed by atoms with Gasteiger partial charge in [-0.2, -0.15) is 4.68 Å². The molecule has 0 radical (unpaired) electrons. The number of pyridine rings is 1. The molecular weight excluding hydrogens is 344 g/mol. The number of imidazole rings is 1. The molecule has 0 spiro atoms. The van der Waals surface area contributed by atoms with E-state index in [2.05, 4.69) is 20.5 Å². The summed E-state index contributed by atoms with van der Waals surface area (Å²) in [7, 11) is 0. The number of rotatable bonds is 4. The van der Waals surface area contributed by atoms with Crippen LogP contribution < -0.4 is 0 Å². The molecule has 0 bridgehead atoms. The summed E-state index contributed by atoms with van der Waals surface area (Å²) < 4.78 is 3.66. The highest BCUT2D eigenvalue weighted by Gasteiger charge is 2.11. The number of thioether (sulfide) groups is 1. The van der Waals surface area contributed by atoms with Crippen molar-refractivity contribution in [2.45, 2.75) is 17.8 Å². The first kappa shape index (κ1) is 15.2. The van der Waals surface area contributed by atoms with Gasteiger partial charge in [-0.3, -0.25) is 0 Å². The van der Waals surface area contributed by atoms with E-state index in [1.54, 1.807) is 16.4 Å². The summed E-state index contributed by atoms with van der Waals surface area (Å²) in [6, 6.07) is 11.8. The molecule has 4 rings (SSSR count). The van der Waals surface area contributed by atoms with E-state index < -0.39 is 0 Å². The van der Waals surface area contributed by atoms with Crippen LogP contribution in [0.5, 0.6) is 0 Å². The molecule has 0 aliphatic carbocycles. The largest absolute Gasteiger partial charge is 0.305 e. The van der Waals surface area contributed by atoms with Crippen LogP contribution in [0, 0.1) is 6.92 Å². The minimum atomic E-state index is 0.672. The van der Waals surface area contributed by atoms with Gasteiger partial charge in [-0.15, -0.1) is 5.10 Å². The minimum absolute atomic E-state index is 0.672. The molecule has 6 nitrogen and oxygen atoms in total. The summed E-state index contributed by atoms with van der Waals surface area (Å²) in [5.41, 5.74) is 3.93. The van der Waals surface area contributed by atoms with Crippen molar-refractivity contribution in [3.63, 3.8) is 0 Å². The molecule has 3 heterocycles. The molecule has 0 unspecified atom stereocenters. The van der Waals surface area contributed by atoms with E-state index in [0.717, 1.165) is 27.7 Å². The van der Waals surface area contributed by atoms with Gasteiger partial charge in [0.25, 0.3) is 0 Å². The molecule has 0 aliphatic heterocycles. The monoisotopic (exact) mass is 356 g/mol. The Morgan fingerprint density at radius 1 is 1.17 bits per heavy atom. The predicted molar refractivity (Wildman–Crippen MR) is 93.7 cm³/mol. The van der Waals surface area contributed by atoms with Gasteiger partial charge in [0, 0.05) is 18.1 Å². The SMILES string of the molecule is Cc1cccc(-n2nnnc2SCc2cn3cc(Cl)ccc3n2)c1. The molecule has 0 atom stereocenters. The van der Waals surface area contributed by atoms with Crippen LogP contribution in [0.25, 0.3) is 11.3 Å². The molecule has 120 valence electrons. The molecule has 0 saturated heterocycles. The smallest absolute Gasteiger partial charge is 0.214 e. The van der Waals surface area contributed by atoms with Gasteiger partial charge in [0.2, 0.25) is 5.16 Å². The van der Waals surface area contributed by atoms with Crippen molar-refractivity contribution in [3.05, 3.63) is 65.1 Å². The van der Waals surface area contributed by atoms with Crippen molar-refractivity contribution in [2.24, 2.45) is 0 Å². The third-order valence-corrected chi connectivity index (χ3v) is 4.68. The highest BCUT2D eigenvalue weighted by Crippen LogP contribution is 2.23. The Hall–Kier alpha value is -2.38. The fourth-order valence-electron chi connectivity index (χ4n) is 2.42. The van der Waals surface area contributed by atoms with Crippen molar-refractivity contribution in [3.8, 4) is 5.69 Å². The summed E-state index contributed by atoms with van der Waals surface area (Å²) in [5.74, 6) is 0.672. The van der Waals surface area contributed by atoms with E-state index in [1.807, 2.05) is 60.1 Å². The zero-order chi connectivity index (χ0) is 16.5. The van der Waals surface area contributed by atoms with Gasteiger partial charge in [-0.25, -0.2) is 4.98 Å². The number of halogens is 1. The lowest BCUT2D eigenvalue weighted by Crippen LogP contribution is -1.99. The van der Waals surface area contributed by atoms with E-state index in [-0.39, 0.29) is 0 Å².